The van der Waals surface area contributed by atoms with Crippen LogP contribution in [0.5, 0.6) is 0 Å². The lowest BCUT2D eigenvalue weighted by Gasteiger charge is -2.28. The summed E-state index contributed by atoms with van der Waals surface area (Å²) in [5.41, 5.74) is 6.44. The van der Waals surface area contributed by atoms with E-state index in [4.69, 9.17) is 10.5 Å². The molecule has 5 aliphatic rings. The van der Waals surface area contributed by atoms with E-state index < -0.39 is 35.7 Å². The van der Waals surface area contributed by atoms with Crippen LogP contribution >= 0.6 is 0 Å². The molecule has 42 heavy (non-hydrogen) atoms. The molecule has 5 atom stereocenters. The number of benzene rings is 1. The minimum atomic E-state index is -1.06. The average molecular weight is 582 g/mol. The fourth-order valence-electron chi connectivity index (χ4n) is 6.50. The monoisotopic (exact) mass is 581 g/mol. The van der Waals surface area contributed by atoms with Gasteiger partial charge in [0.25, 0.3) is 0 Å². The number of allylic oxidation sites excluding steroid dienone is 1. The van der Waals surface area contributed by atoms with E-state index in [1.54, 1.807) is 12.1 Å². The van der Waals surface area contributed by atoms with Crippen molar-refractivity contribution in [1.82, 2.24) is 20.4 Å². The smallest absolute Gasteiger partial charge is 0.410 e. The van der Waals surface area contributed by atoms with E-state index in [9.17, 15) is 23.6 Å². The lowest BCUT2D eigenvalue weighted by molar-refractivity contribution is -0.140. The van der Waals surface area contributed by atoms with Crippen molar-refractivity contribution < 1.29 is 28.3 Å². The maximum atomic E-state index is 14.2. The molecule has 3 heterocycles. The van der Waals surface area contributed by atoms with Gasteiger partial charge in [-0.15, -0.1) is 0 Å². The summed E-state index contributed by atoms with van der Waals surface area (Å²) in [5.74, 6) is -0.999. The highest BCUT2D eigenvalue weighted by atomic mass is 19.1. The highest BCUT2D eigenvalue weighted by molar-refractivity contribution is 5.98. The van der Waals surface area contributed by atoms with Crippen LogP contribution in [0.15, 0.2) is 30.4 Å². The molecule has 1 saturated heterocycles. The van der Waals surface area contributed by atoms with E-state index in [1.165, 1.54) is 15.9 Å². The molecule has 0 radical (unpaired) electrons. The van der Waals surface area contributed by atoms with Crippen molar-refractivity contribution >= 4 is 23.8 Å². The summed E-state index contributed by atoms with van der Waals surface area (Å²) in [6.07, 6.45) is 9.53. The first-order chi connectivity index (χ1) is 20.2. The molecule has 11 heteroatoms. The lowest BCUT2D eigenvalue weighted by Crippen LogP contribution is -2.57. The molecule has 1 aromatic rings. The van der Waals surface area contributed by atoms with Crippen molar-refractivity contribution in [1.29, 1.82) is 0 Å². The number of halogens is 1. The van der Waals surface area contributed by atoms with Crippen LogP contribution < -0.4 is 16.4 Å². The van der Waals surface area contributed by atoms with E-state index in [2.05, 4.69) is 16.7 Å². The van der Waals surface area contributed by atoms with Crippen LogP contribution in [-0.2, 0) is 32.2 Å². The standard InChI is InChI=1S/C31H40FN5O5/c32-24-9-6-7-20-16-36(18-23(20)24)30(41)42-22-13-26-27(38)35-31(29(40)34-15-19-11-12-19)14-21(31)8-4-2-1-3-5-10-25(33)28(39)37(26)17-22/h4,6-9,19,21-22,25-26H,1-3,5,10-18,33H2,(H,34,40)(H,35,38)/b8-4-/t21-,22+,25-,26-,31+/m0/s1. The Balaban J connectivity index is 1.18. The van der Waals surface area contributed by atoms with Crippen LogP contribution in [0.4, 0.5) is 9.18 Å². The van der Waals surface area contributed by atoms with Crippen LogP contribution in [0.2, 0.25) is 0 Å². The van der Waals surface area contributed by atoms with Gasteiger partial charge in [0, 0.05) is 31.0 Å². The van der Waals surface area contributed by atoms with Crippen molar-refractivity contribution in [3.8, 4) is 0 Å². The largest absolute Gasteiger partial charge is 0.444 e. The Bertz CT molecular complexity index is 1280. The van der Waals surface area contributed by atoms with Gasteiger partial charge in [0.2, 0.25) is 17.7 Å². The highest BCUT2D eigenvalue weighted by Crippen LogP contribution is 2.46. The Labute approximate surface area is 245 Å². The van der Waals surface area contributed by atoms with E-state index >= 15 is 0 Å². The molecule has 4 N–H and O–H groups in total. The average Bonchev–Trinajstić information content (AvgIpc) is 3.83. The summed E-state index contributed by atoms with van der Waals surface area (Å²) in [7, 11) is 0. The zero-order valence-electron chi connectivity index (χ0n) is 23.9. The fourth-order valence-corrected chi connectivity index (χ4v) is 6.50. The number of rotatable bonds is 4. The van der Waals surface area contributed by atoms with Gasteiger partial charge in [-0.2, -0.15) is 0 Å². The molecule has 226 valence electrons. The van der Waals surface area contributed by atoms with Crippen LogP contribution in [0, 0.1) is 17.7 Å². The first-order valence-corrected chi connectivity index (χ1v) is 15.3. The zero-order chi connectivity index (χ0) is 29.4. The van der Waals surface area contributed by atoms with Crippen molar-refractivity contribution in [2.45, 2.75) is 94.6 Å². The fraction of sp³-hybridized carbons (Fsp3) is 0.613. The summed E-state index contributed by atoms with van der Waals surface area (Å²) < 4.78 is 20.0. The molecule has 3 fully saturated rings. The van der Waals surface area contributed by atoms with Gasteiger partial charge in [-0.1, -0.05) is 37.1 Å². The first kappa shape index (κ1) is 28.6. The quantitative estimate of drug-likeness (QED) is 0.468. The van der Waals surface area contributed by atoms with Crippen LogP contribution in [0.3, 0.4) is 0 Å². The van der Waals surface area contributed by atoms with Crippen molar-refractivity contribution in [2.75, 3.05) is 13.1 Å². The molecule has 6 rings (SSSR count). The Hall–Kier alpha value is -3.47. The third kappa shape index (κ3) is 5.88. The molecule has 4 amide bonds. The maximum absolute atomic E-state index is 14.2. The first-order valence-electron chi connectivity index (χ1n) is 15.3. The number of nitrogens with two attached hydrogens (primary N) is 1. The van der Waals surface area contributed by atoms with Crippen LogP contribution in [0.25, 0.3) is 0 Å². The molecule has 1 aromatic carbocycles. The van der Waals surface area contributed by atoms with E-state index in [0.29, 0.717) is 30.9 Å². The van der Waals surface area contributed by atoms with Gasteiger partial charge < -0.3 is 26.0 Å². The summed E-state index contributed by atoms with van der Waals surface area (Å²) in [4.78, 5) is 56.6. The van der Waals surface area contributed by atoms with Gasteiger partial charge in [-0.3, -0.25) is 19.3 Å². The Kier molecular flexibility index (Phi) is 7.95. The molecule has 0 bridgehead atoms. The van der Waals surface area contributed by atoms with E-state index in [-0.39, 0.29) is 49.6 Å². The predicted octanol–water partition coefficient (Wildman–Crippen LogP) is 2.50. The molecule has 2 saturated carbocycles. The number of hydrogen-bond acceptors (Lipinski definition) is 6. The number of ether oxygens (including phenoxy) is 1. The second-order valence-corrected chi connectivity index (χ2v) is 12.6. The van der Waals surface area contributed by atoms with Gasteiger partial charge in [-0.25, -0.2) is 9.18 Å². The minimum Gasteiger partial charge on any atom is -0.444 e. The number of nitrogens with one attached hydrogen (secondary N) is 2. The highest BCUT2D eigenvalue weighted by Gasteiger charge is 2.61. The molecule has 3 aliphatic heterocycles. The second-order valence-electron chi connectivity index (χ2n) is 12.6. The van der Waals surface area contributed by atoms with Crippen molar-refractivity contribution in [3.05, 3.63) is 47.3 Å². The number of nitrogens with zero attached hydrogens (tertiary/aromatic N) is 2. The number of carbonyl (C=O) groups is 4. The van der Waals surface area contributed by atoms with Crippen molar-refractivity contribution in [3.63, 3.8) is 0 Å². The zero-order valence-corrected chi connectivity index (χ0v) is 23.9. The van der Waals surface area contributed by atoms with E-state index in [0.717, 1.165) is 44.1 Å². The maximum Gasteiger partial charge on any atom is 0.410 e. The molecule has 0 aromatic heterocycles. The number of hydrogen-bond donors (Lipinski definition) is 3. The third-order valence-corrected chi connectivity index (χ3v) is 9.39. The minimum absolute atomic E-state index is 0.0235. The summed E-state index contributed by atoms with van der Waals surface area (Å²) >= 11 is 0. The summed E-state index contributed by atoms with van der Waals surface area (Å²) in [6, 6.07) is 3.04. The molecular weight excluding hydrogens is 541 g/mol. The molecule has 0 spiro atoms. The van der Waals surface area contributed by atoms with Gasteiger partial charge in [0.15, 0.2) is 0 Å². The number of amides is 4. The second kappa shape index (κ2) is 11.7. The number of carbonyl (C=O) groups excluding carboxylic acids is 4. The molecule has 10 nitrogen and oxygen atoms in total. The van der Waals surface area contributed by atoms with Gasteiger partial charge >= 0.3 is 6.09 Å². The van der Waals surface area contributed by atoms with Crippen LogP contribution in [0.1, 0.15) is 68.9 Å². The molecule has 0 unspecified atom stereocenters. The van der Waals surface area contributed by atoms with Gasteiger partial charge in [-0.05, 0) is 56.1 Å². The predicted molar refractivity (Wildman–Crippen MR) is 151 cm³/mol. The molecular formula is C31H40FN5O5. The summed E-state index contributed by atoms with van der Waals surface area (Å²) in [5, 5.41) is 6.03. The Morgan fingerprint density at radius 3 is 2.76 bits per heavy atom. The Morgan fingerprint density at radius 2 is 1.98 bits per heavy atom. The van der Waals surface area contributed by atoms with Crippen molar-refractivity contribution in [2.24, 2.45) is 17.6 Å². The SMILES string of the molecule is N[C@H]1CCCCC/C=C\[C@H]2C[C@@]2(C(=O)NCC2CC2)NC(=O)[C@@H]2C[C@@H](OC(=O)N3Cc4cccc(F)c4C3)CN2C1=O. The summed E-state index contributed by atoms with van der Waals surface area (Å²) in [6.45, 7) is 0.940. The van der Waals surface area contributed by atoms with Crippen LogP contribution in [-0.4, -0.2) is 70.4 Å². The van der Waals surface area contributed by atoms with Gasteiger partial charge in [0.1, 0.15) is 23.5 Å². The number of fused-ring (bicyclic) bond motifs is 3. The normalized spacial score (nSPS) is 32.0. The van der Waals surface area contributed by atoms with Gasteiger partial charge in [0.05, 0.1) is 19.1 Å². The topological polar surface area (TPSA) is 134 Å². The Morgan fingerprint density at radius 1 is 1.14 bits per heavy atom. The molecule has 2 aliphatic carbocycles. The van der Waals surface area contributed by atoms with E-state index in [1.807, 2.05) is 6.08 Å². The third-order valence-electron chi connectivity index (χ3n) is 9.39. The lowest BCUT2D eigenvalue weighted by atomic mass is 10.1.